The lowest BCUT2D eigenvalue weighted by Crippen LogP contribution is -2.40. The molecule has 0 spiro atoms. The van der Waals surface area contributed by atoms with Gasteiger partial charge in [0.05, 0.1) is 0 Å². The smallest absolute Gasteiger partial charge is 0.201 e. The van der Waals surface area contributed by atoms with Gasteiger partial charge < -0.3 is 10.5 Å². The molecule has 0 aromatic carbocycles. The third-order valence-corrected chi connectivity index (χ3v) is 2.08. The van der Waals surface area contributed by atoms with Crippen LogP contribution in [0.1, 0.15) is 12.8 Å². The Morgan fingerprint density at radius 2 is 2.00 bits per heavy atom. The molecule has 1 saturated heterocycles. The average Bonchev–Trinajstić information content (AvgIpc) is 1.90. The van der Waals surface area contributed by atoms with Crippen molar-refractivity contribution < 1.29 is 0 Å². The van der Waals surface area contributed by atoms with Crippen LogP contribution in [0.5, 0.6) is 0 Å². The third kappa shape index (κ3) is 1.99. The van der Waals surface area contributed by atoms with Crippen LogP contribution < -0.4 is 5.73 Å². The van der Waals surface area contributed by atoms with Gasteiger partial charge >= 0.3 is 0 Å². The second kappa shape index (κ2) is 3.23. The number of rotatable bonds is 1. The van der Waals surface area contributed by atoms with Crippen molar-refractivity contribution in [3.63, 3.8) is 0 Å². The van der Waals surface area contributed by atoms with E-state index < -0.39 is 0 Å². The molecule has 1 heterocycles. The second-order valence-electron chi connectivity index (χ2n) is 2.77. The summed E-state index contributed by atoms with van der Waals surface area (Å²) < 4.78 is 0. The molecule has 0 unspecified atom stereocenters. The molecule has 1 aliphatic rings. The first-order valence-corrected chi connectivity index (χ1v) is 3.81. The van der Waals surface area contributed by atoms with Crippen LogP contribution in [0.3, 0.4) is 0 Å². The van der Waals surface area contributed by atoms with Gasteiger partial charge in [0.1, 0.15) is 0 Å². The van der Waals surface area contributed by atoms with E-state index in [0.717, 1.165) is 0 Å². The van der Waals surface area contributed by atoms with Crippen LogP contribution in [-0.2, 0) is 0 Å². The Kier molecular flexibility index (Phi) is 2.55. The highest BCUT2D eigenvalue weighted by molar-refractivity contribution is 6.29. The second-order valence-corrected chi connectivity index (χ2v) is 2.77. The van der Waals surface area contributed by atoms with Crippen molar-refractivity contribution in [3.8, 4) is 0 Å². The Hall–Kier alpha value is -0.0151. The van der Waals surface area contributed by atoms with Crippen molar-refractivity contribution >= 4 is 7.41 Å². The molecule has 0 aliphatic carbocycles. The van der Waals surface area contributed by atoms with Crippen LogP contribution in [0.4, 0.5) is 0 Å². The van der Waals surface area contributed by atoms with E-state index in [-0.39, 0.29) is 0 Å². The summed E-state index contributed by atoms with van der Waals surface area (Å²) in [4.78, 5) is 2.45. The van der Waals surface area contributed by atoms with Crippen molar-refractivity contribution in [1.29, 1.82) is 0 Å². The van der Waals surface area contributed by atoms with Crippen LogP contribution >= 0.6 is 0 Å². The molecule has 0 radical (unpaired) electrons. The summed E-state index contributed by atoms with van der Waals surface area (Å²) in [6.45, 7) is 4.62. The van der Waals surface area contributed by atoms with Gasteiger partial charge in [-0.25, -0.2) is 0 Å². The summed E-state index contributed by atoms with van der Waals surface area (Å²) in [7, 11) is 1.19. The predicted molar refractivity (Wildman–Crippen MR) is 41.8 cm³/mol. The molecule has 1 rings (SSSR count). The van der Waals surface area contributed by atoms with Crippen LogP contribution in [0, 0.1) is 0 Å². The zero-order valence-corrected chi connectivity index (χ0v) is 6.14. The largest absolute Gasteiger partial charge is 0.345 e. The molecule has 1 fully saturated rings. The molecule has 0 saturated carbocycles. The molecule has 2 nitrogen and oxygen atoms in total. The van der Waals surface area contributed by atoms with E-state index in [1.54, 1.807) is 0 Å². The molecule has 9 heavy (non-hydrogen) atoms. The molecule has 1 aliphatic heterocycles. The summed E-state index contributed by atoms with van der Waals surface area (Å²) in [5.41, 5.74) is 5.72. The Morgan fingerprint density at radius 3 is 2.44 bits per heavy atom. The number of piperidine rings is 1. The van der Waals surface area contributed by atoms with Crippen LogP contribution in [0.15, 0.2) is 0 Å². The highest BCUT2D eigenvalue weighted by atomic mass is 15.0. The maximum absolute atomic E-state index is 5.72. The van der Waals surface area contributed by atoms with Crippen molar-refractivity contribution in [1.82, 2.24) is 4.81 Å². The van der Waals surface area contributed by atoms with Gasteiger partial charge in [-0.2, -0.15) is 0 Å². The van der Waals surface area contributed by atoms with Gasteiger partial charge in [-0.05, 0) is 25.9 Å². The van der Waals surface area contributed by atoms with Gasteiger partial charge in [-0.3, -0.25) is 0 Å². The SMILES string of the molecule is CBN1CCC(N)CC1. The number of nitrogens with two attached hydrogens (primary N) is 1. The van der Waals surface area contributed by atoms with Crippen LogP contribution in [0.2, 0.25) is 6.82 Å². The summed E-state index contributed by atoms with van der Waals surface area (Å²) in [6.07, 6.45) is 2.38. The van der Waals surface area contributed by atoms with Crippen LogP contribution in [0.25, 0.3) is 0 Å². The number of hydrogen-bond donors (Lipinski definition) is 1. The van der Waals surface area contributed by atoms with Crippen molar-refractivity contribution in [2.45, 2.75) is 25.7 Å². The minimum Gasteiger partial charge on any atom is -0.345 e. The van der Waals surface area contributed by atoms with Gasteiger partial charge in [0, 0.05) is 6.04 Å². The van der Waals surface area contributed by atoms with E-state index in [1.165, 1.54) is 33.3 Å². The van der Waals surface area contributed by atoms with Crippen LogP contribution in [-0.4, -0.2) is 31.4 Å². The maximum Gasteiger partial charge on any atom is 0.201 e. The van der Waals surface area contributed by atoms with Gasteiger partial charge in [0.15, 0.2) is 0 Å². The first-order chi connectivity index (χ1) is 4.33. The molecular weight excluding hydrogens is 111 g/mol. The highest BCUT2D eigenvalue weighted by Gasteiger charge is 2.13. The molecule has 3 heteroatoms. The standard InChI is InChI=1S/C6H15BN2/c1-7-9-4-2-6(8)3-5-9/h6-7H,2-5,8H2,1H3. The third-order valence-electron chi connectivity index (χ3n) is 2.08. The molecule has 0 bridgehead atoms. The van der Waals surface area contributed by atoms with E-state index in [1.807, 2.05) is 0 Å². The lowest BCUT2D eigenvalue weighted by molar-refractivity contribution is 0.330. The summed E-state index contributed by atoms with van der Waals surface area (Å²) in [6, 6.07) is 0.479. The molecule has 0 aromatic heterocycles. The topological polar surface area (TPSA) is 29.3 Å². The van der Waals surface area contributed by atoms with E-state index in [0.29, 0.717) is 6.04 Å². The fraction of sp³-hybridized carbons (Fsp3) is 1.00. The molecule has 2 N–H and O–H groups in total. The van der Waals surface area contributed by atoms with Gasteiger partial charge in [-0.15, -0.1) is 0 Å². The fourth-order valence-corrected chi connectivity index (χ4v) is 1.27. The molecule has 52 valence electrons. The Morgan fingerprint density at radius 1 is 1.44 bits per heavy atom. The van der Waals surface area contributed by atoms with Crippen molar-refractivity contribution in [3.05, 3.63) is 0 Å². The van der Waals surface area contributed by atoms with Crippen molar-refractivity contribution in [2.24, 2.45) is 5.73 Å². The number of hydrogen-bond acceptors (Lipinski definition) is 2. The summed E-state index contributed by atoms with van der Waals surface area (Å²) >= 11 is 0. The monoisotopic (exact) mass is 126 g/mol. The van der Waals surface area contributed by atoms with Crippen molar-refractivity contribution in [2.75, 3.05) is 13.1 Å². The minimum absolute atomic E-state index is 0.479. The first-order valence-electron chi connectivity index (χ1n) is 3.81. The minimum atomic E-state index is 0.479. The van der Waals surface area contributed by atoms with E-state index in [9.17, 15) is 0 Å². The number of nitrogens with zero attached hydrogens (tertiary/aromatic N) is 1. The summed E-state index contributed by atoms with van der Waals surface area (Å²) in [5, 5.41) is 0. The van der Waals surface area contributed by atoms with Gasteiger partial charge in [0.25, 0.3) is 0 Å². The lowest BCUT2D eigenvalue weighted by Gasteiger charge is -2.28. The lowest BCUT2D eigenvalue weighted by atomic mass is 9.91. The molecule has 0 amide bonds. The highest BCUT2D eigenvalue weighted by Crippen LogP contribution is 2.05. The quantitative estimate of drug-likeness (QED) is 0.493. The molecular formula is C6H15BN2. The van der Waals surface area contributed by atoms with E-state index in [4.69, 9.17) is 5.73 Å². The van der Waals surface area contributed by atoms with E-state index >= 15 is 0 Å². The Balaban J connectivity index is 2.18. The Labute approximate surface area is 57.7 Å². The fourth-order valence-electron chi connectivity index (χ4n) is 1.27. The first kappa shape index (κ1) is 7.10. The Bertz CT molecular complexity index is 79.1. The zero-order valence-electron chi connectivity index (χ0n) is 6.14. The maximum atomic E-state index is 5.72. The zero-order chi connectivity index (χ0) is 6.69. The molecule has 0 aromatic rings. The average molecular weight is 126 g/mol. The normalized spacial score (nSPS) is 24.2. The molecule has 0 atom stereocenters. The van der Waals surface area contributed by atoms with Gasteiger partial charge in [-0.1, -0.05) is 6.82 Å². The van der Waals surface area contributed by atoms with E-state index in [2.05, 4.69) is 11.6 Å². The summed E-state index contributed by atoms with van der Waals surface area (Å²) in [5.74, 6) is 0. The predicted octanol–water partition coefficient (Wildman–Crippen LogP) is -0.191. The van der Waals surface area contributed by atoms with Gasteiger partial charge in [0.2, 0.25) is 7.41 Å².